The van der Waals surface area contributed by atoms with E-state index in [0.717, 1.165) is 68.8 Å². The summed E-state index contributed by atoms with van der Waals surface area (Å²) in [6.45, 7) is 3.64. The predicted octanol–water partition coefficient (Wildman–Crippen LogP) is 2.70. The molecule has 26 heavy (non-hydrogen) atoms. The fraction of sp³-hybridized carbons (Fsp3) is 0.600. The van der Waals surface area contributed by atoms with Gasteiger partial charge in [0.2, 0.25) is 0 Å². The minimum atomic E-state index is -0.691. The molecule has 2 N–H and O–H groups in total. The van der Waals surface area contributed by atoms with Crippen molar-refractivity contribution in [3.05, 3.63) is 30.1 Å². The first-order chi connectivity index (χ1) is 12.7. The van der Waals surface area contributed by atoms with E-state index < -0.39 is 5.97 Å². The lowest BCUT2D eigenvalue weighted by Crippen LogP contribution is -2.48. The number of imidazole rings is 1. The summed E-state index contributed by atoms with van der Waals surface area (Å²) in [5, 5.41) is 9.32. The summed E-state index contributed by atoms with van der Waals surface area (Å²) in [7, 11) is 0. The minimum absolute atomic E-state index is 0.219. The van der Waals surface area contributed by atoms with Crippen LogP contribution in [0.4, 0.5) is 0 Å². The van der Waals surface area contributed by atoms with Gasteiger partial charge >= 0.3 is 5.97 Å². The Labute approximate surface area is 153 Å². The third-order valence-corrected chi connectivity index (χ3v) is 5.96. The molecule has 0 aliphatic carbocycles. The summed E-state index contributed by atoms with van der Waals surface area (Å²) in [6.07, 6.45) is 4.19. The van der Waals surface area contributed by atoms with Crippen LogP contribution in [0.3, 0.4) is 0 Å². The molecule has 2 aliphatic heterocycles. The Bertz CT molecular complexity index is 721. The van der Waals surface area contributed by atoms with Gasteiger partial charge in [0.15, 0.2) is 0 Å². The van der Waals surface area contributed by atoms with Crippen molar-refractivity contribution in [1.29, 1.82) is 0 Å². The number of fused-ring (bicyclic) bond motifs is 1. The number of aromatic nitrogens is 2. The average Bonchev–Trinajstić information content (AvgIpc) is 3.06. The summed E-state index contributed by atoms with van der Waals surface area (Å²) in [4.78, 5) is 22.0. The number of para-hydroxylation sites is 2. The number of carbonyl (C=O) groups is 1. The van der Waals surface area contributed by atoms with E-state index in [1.54, 1.807) is 0 Å². The molecule has 0 bridgehead atoms. The van der Waals surface area contributed by atoms with Crippen molar-refractivity contribution >= 4 is 17.0 Å². The second-order valence-electron chi connectivity index (χ2n) is 7.65. The molecular formula is C20H27N3O3. The summed E-state index contributed by atoms with van der Waals surface area (Å²) >= 11 is 0. The molecule has 2 atom stereocenters. The number of piperidine rings is 1. The summed E-state index contributed by atoms with van der Waals surface area (Å²) in [6, 6.07) is 8.63. The second-order valence-corrected chi connectivity index (χ2v) is 7.65. The molecule has 6 nitrogen and oxygen atoms in total. The number of likely N-dealkylation sites (tertiary alicyclic amines) is 1. The average molecular weight is 357 g/mol. The molecule has 0 spiro atoms. The van der Waals surface area contributed by atoms with Crippen LogP contribution in [0.15, 0.2) is 24.3 Å². The van der Waals surface area contributed by atoms with Crippen LogP contribution in [0.1, 0.15) is 31.5 Å². The first-order valence-corrected chi connectivity index (χ1v) is 9.66. The Hall–Kier alpha value is -1.92. The highest BCUT2D eigenvalue weighted by Crippen LogP contribution is 2.32. The number of hydrogen-bond acceptors (Lipinski definition) is 4. The largest absolute Gasteiger partial charge is 0.481 e. The van der Waals surface area contributed by atoms with Crippen molar-refractivity contribution in [1.82, 2.24) is 14.9 Å². The number of carboxylic acid groups (broad SMARTS) is 1. The number of aliphatic carboxylic acids is 1. The smallest absolute Gasteiger partial charge is 0.303 e. The molecule has 0 amide bonds. The summed E-state index contributed by atoms with van der Waals surface area (Å²) < 4.78 is 5.50. The van der Waals surface area contributed by atoms with E-state index in [1.165, 1.54) is 0 Å². The van der Waals surface area contributed by atoms with Gasteiger partial charge in [-0.15, -0.1) is 0 Å². The van der Waals surface area contributed by atoms with Crippen LogP contribution in [0.25, 0.3) is 11.0 Å². The van der Waals surface area contributed by atoms with Crippen molar-refractivity contribution in [2.75, 3.05) is 26.3 Å². The van der Waals surface area contributed by atoms with Crippen molar-refractivity contribution in [3.8, 4) is 0 Å². The Morgan fingerprint density at radius 1 is 1.23 bits per heavy atom. The number of ether oxygens (including phenoxy) is 1. The molecule has 0 saturated carbocycles. The molecule has 0 radical (unpaired) electrons. The van der Waals surface area contributed by atoms with E-state index in [0.29, 0.717) is 12.0 Å². The highest BCUT2D eigenvalue weighted by molar-refractivity contribution is 5.74. The van der Waals surface area contributed by atoms with Gasteiger partial charge in [0.1, 0.15) is 5.82 Å². The van der Waals surface area contributed by atoms with Crippen LogP contribution < -0.4 is 0 Å². The third kappa shape index (κ3) is 3.91. The zero-order chi connectivity index (χ0) is 17.9. The van der Waals surface area contributed by atoms with Crippen molar-refractivity contribution in [2.45, 2.75) is 38.1 Å². The Morgan fingerprint density at radius 3 is 2.81 bits per heavy atom. The second kappa shape index (κ2) is 7.76. The van der Waals surface area contributed by atoms with Gasteiger partial charge in [0.25, 0.3) is 0 Å². The molecular weight excluding hydrogens is 330 g/mol. The standard InChI is InChI=1S/C20H27N3O3/c24-20(25)12-14-5-8-23(16-6-9-26-10-7-16)13-15(14)11-19-21-17-3-1-2-4-18(17)22-19/h1-4,14-16H,5-13H2,(H,21,22)(H,24,25). The molecule has 6 heteroatoms. The highest BCUT2D eigenvalue weighted by Gasteiger charge is 2.34. The van der Waals surface area contributed by atoms with Crippen molar-refractivity contribution < 1.29 is 14.6 Å². The highest BCUT2D eigenvalue weighted by atomic mass is 16.5. The summed E-state index contributed by atoms with van der Waals surface area (Å²) in [5.41, 5.74) is 2.03. The van der Waals surface area contributed by atoms with Crippen LogP contribution in [0, 0.1) is 11.8 Å². The minimum Gasteiger partial charge on any atom is -0.481 e. The predicted molar refractivity (Wildman–Crippen MR) is 99.1 cm³/mol. The van der Waals surface area contributed by atoms with Crippen LogP contribution in [0.2, 0.25) is 0 Å². The third-order valence-electron chi connectivity index (χ3n) is 5.96. The maximum atomic E-state index is 11.3. The lowest BCUT2D eigenvalue weighted by molar-refractivity contribution is -0.139. The number of nitrogens with one attached hydrogen (secondary N) is 1. The molecule has 2 saturated heterocycles. The zero-order valence-electron chi connectivity index (χ0n) is 15.1. The van der Waals surface area contributed by atoms with Gasteiger partial charge in [-0.3, -0.25) is 9.69 Å². The molecule has 2 aromatic rings. The Morgan fingerprint density at radius 2 is 2.04 bits per heavy atom. The lowest BCUT2D eigenvalue weighted by atomic mass is 9.80. The van der Waals surface area contributed by atoms with E-state index in [1.807, 2.05) is 24.3 Å². The van der Waals surface area contributed by atoms with Gasteiger partial charge in [-0.25, -0.2) is 4.98 Å². The molecule has 3 heterocycles. The Kier molecular flexibility index (Phi) is 5.22. The number of rotatable bonds is 5. The van der Waals surface area contributed by atoms with E-state index >= 15 is 0 Å². The first kappa shape index (κ1) is 17.5. The van der Waals surface area contributed by atoms with Crippen molar-refractivity contribution in [3.63, 3.8) is 0 Å². The maximum Gasteiger partial charge on any atom is 0.303 e. The molecule has 1 aromatic heterocycles. The van der Waals surface area contributed by atoms with Gasteiger partial charge in [-0.2, -0.15) is 0 Å². The monoisotopic (exact) mass is 357 g/mol. The summed E-state index contributed by atoms with van der Waals surface area (Å²) in [5.74, 6) is 0.824. The normalized spacial score (nSPS) is 25.5. The van der Waals surface area contributed by atoms with Crippen molar-refractivity contribution in [2.24, 2.45) is 11.8 Å². The van der Waals surface area contributed by atoms with Gasteiger partial charge < -0.3 is 14.8 Å². The van der Waals surface area contributed by atoms with E-state index in [2.05, 4.69) is 9.88 Å². The molecule has 2 unspecified atom stereocenters. The quantitative estimate of drug-likeness (QED) is 0.860. The zero-order valence-corrected chi connectivity index (χ0v) is 15.1. The van der Waals surface area contributed by atoms with Crippen LogP contribution in [0.5, 0.6) is 0 Å². The number of carboxylic acids is 1. The van der Waals surface area contributed by atoms with Gasteiger partial charge in [0, 0.05) is 38.6 Å². The van der Waals surface area contributed by atoms with E-state index in [9.17, 15) is 9.90 Å². The number of hydrogen-bond donors (Lipinski definition) is 2. The number of aromatic amines is 1. The van der Waals surface area contributed by atoms with E-state index in [-0.39, 0.29) is 12.3 Å². The van der Waals surface area contributed by atoms with Crippen LogP contribution in [-0.2, 0) is 16.0 Å². The van der Waals surface area contributed by atoms with E-state index in [4.69, 9.17) is 9.72 Å². The van der Waals surface area contributed by atoms with Crippen LogP contribution in [-0.4, -0.2) is 58.3 Å². The van der Waals surface area contributed by atoms with Gasteiger partial charge in [-0.1, -0.05) is 12.1 Å². The fourth-order valence-corrected chi connectivity index (χ4v) is 4.57. The lowest BCUT2D eigenvalue weighted by Gasteiger charge is -2.43. The SMILES string of the molecule is O=C(O)CC1CCN(C2CCOCC2)CC1Cc1nc2ccccc2[nH]1. The molecule has 2 fully saturated rings. The van der Waals surface area contributed by atoms with Gasteiger partial charge in [-0.05, 0) is 49.8 Å². The molecule has 1 aromatic carbocycles. The molecule has 140 valence electrons. The Balaban J connectivity index is 1.50. The number of nitrogens with zero attached hydrogens (tertiary/aromatic N) is 2. The molecule has 4 rings (SSSR count). The topological polar surface area (TPSA) is 78.4 Å². The molecule has 2 aliphatic rings. The first-order valence-electron chi connectivity index (χ1n) is 9.66. The number of benzene rings is 1. The van der Waals surface area contributed by atoms with Crippen LogP contribution >= 0.6 is 0 Å². The maximum absolute atomic E-state index is 11.3. The van der Waals surface area contributed by atoms with Gasteiger partial charge in [0.05, 0.1) is 11.0 Å². The number of H-pyrrole nitrogens is 1. The fourth-order valence-electron chi connectivity index (χ4n) is 4.57.